The summed E-state index contributed by atoms with van der Waals surface area (Å²) in [5.41, 5.74) is 6.67. The molecule has 668 valence electrons. The number of nitrogens with one attached hydrogen (secondary N) is 1. The molecule has 120 heavy (non-hydrogen) atoms. The summed E-state index contributed by atoms with van der Waals surface area (Å²) in [4.78, 5) is 123. The number of benzene rings is 3. The van der Waals surface area contributed by atoms with Crippen molar-refractivity contribution < 1.29 is 131 Å². The summed E-state index contributed by atoms with van der Waals surface area (Å²) >= 11 is 0. The molecule has 4 heterocycles. The van der Waals surface area contributed by atoms with Crippen molar-refractivity contribution in [3.63, 3.8) is 0 Å². The number of carboxylic acid groups (broad SMARTS) is 1. The van der Waals surface area contributed by atoms with E-state index in [4.69, 9.17) is 49.1 Å². The Bertz CT molecular complexity index is 3710. The minimum atomic E-state index is -1.79. The zero-order chi connectivity index (χ0) is 87.0. The molecular weight excluding hydrogens is 1540 g/mol. The molecule has 2 amide bonds. The maximum absolute atomic E-state index is 12.3. The molecule has 3 aromatic carbocycles. The van der Waals surface area contributed by atoms with Crippen LogP contribution in [0.5, 0.6) is 0 Å². The number of carbonyl (C=O) groups excluding carboxylic acids is 9. The number of likely N-dealkylation sites (tertiary alicyclic amines) is 3. The van der Waals surface area contributed by atoms with Gasteiger partial charge in [-0.3, -0.25) is 38.9 Å². The van der Waals surface area contributed by atoms with Crippen LogP contribution in [0.2, 0.25) is 0 Å². The number of ketones is 2. The first kappa shape index (κ1) is 111. The van der Waals surface area contributed by atoms with E-state index >= 15 is 0 Å². The fraction of sp³-hybridized carbons (Fsp3) is 0.611. The fourth-order valence-electron chi connectivity index (χ4n) is 14.7. The van der Waals surface area contributed by atoms with E-state index in [9.17, 15) is 53.1 Å². The van der Waals surface area contributed by atoms with E-state index in [0.717, 1.165) is 63.9 Å². The summed E-state index contributed by atoms with van der Waals surface area (Å²) in [7, 11) is 0. The van der Waals surface area contributed by atoms with Gasteiger partial charge in [0.05, 0.1) is 32.1 Å². The molecule has 3 saturated carbocycles. The number of esters is 3. The second-order valence-electron chi connectivity index (χ2n) is 33.7. The normalized spacial score (nSPS) is 23.0. The molecule has 29 nitrogen and oxygen atoms in total. The Morgan fingerprint density at radius 2 is 0.942 bits per heavy atom. The average Bonchev–Trinajstić information content (AvgIpc) is 1.61. The number of hydrogen-bond donors (Lipinski definition) is 5. The maximum atomic E-state index is 12.3. The molecule has 8 bridgehead atoms. The number of nitrogens with two attached hydrogens (primary N) is 1. The summed E-state index contributed by atoms with van der Waals surface area (Å²) in [5.74, 6) is -0.779. The maximum Gasteiger partial charge on any atom is 1.00 e. The molecule has 5 aliphatic carbocycles. The van der Waals surface area contributed by atoms with Gasteiger partial charge in [0, 0.05) is 49.1 Å². The number of aliphatic imine (C=N–C) groups is 1. The van der Waals surface area contributed by atoms with Crippen molar-refractivity contribution in [3.8, 4) is 0 Å². The summed E-state index contributed by atoms with van der Waals surface area (Å²) < 4.78 is 39.9. The number of Topliss-reactive ketones (excluding diaryl/α,β-unsaturated/α-hetero) is 2. The first-order valence-corrected chi connectivity index (χ1v) is 40.5. The van der Waals surface area contributed by atoms with E-state index in [0.29, 0.717) is 43.7 Å². The van der Waals surface area contributed by atoms with E-state index in [1.807, 2.05) is 115 Å². The van der Waals surface area contributed by atoms with Gasteiger partial charge in [-0.2, -0.15) is 0 Å². The van der Waals surface area contributed by atoms with Gasteiger partial charge in [0.2, 0.25) is 6.29 Å². The van der Waals surface area contributed by atoms with Crippen LogP contribution in [0.15, 0.2) is 132 Å². The number of fused-ring (bicyclic) bond motifs is 8. The van der Waals surface area contributed by atoms with Crippen LogP contribution in [-0.4, -0.2) is 204 Å². The molecule has 9 N–H and O–H groups in total. The van der Waals surface area contributed by atoms with Crippen molar-refractivity contribution in [2.75, 3.05) is 19.8 Å². The van der Waals surface area contributed by atoms with Crippen molar-refractivity contribution in [1.29, 1.82) is 0 Å². The van der Waals surface area contributed by atoms with Gasteiger partial charge in [-0.1, -0.05) is 135 Å². The number of aliphatic hydroxyl groups is 2. The first-order valence-electron chi connectivity index (χ1n) is 40.5. The average molecular weight is 1680 g/mol. The van der Waals surface area contributed by atoms with E-state index in [2.05, 4.69) is 87.6 Å². The van der Waals surface area contributed by atoms with E-state index in [1.54, 1.807) is 74.1 Å². The Kier molecular flexibility index (Phi) is 49.5. The van der Waals surface area contributed by atoms with Gasteiger partial charge >= 0.3 is 67.2 Å². The molecule has 4 saturated heterocycles. The number of carbonyl (C=O) groups is 10. The monoisotopic (exact) mass is 1680 g/mol. The van der Waals surface area contributed by atoms with E-state index < -0.39 is 77.0 Å². The largest absolute Gasteiger partial charge is 1.00 e. The van der Waals surface area contributed by atoms with Gasteiger partial charge in [0.15, 0.2) is 11.6 Å². The SMILES string of the molecule is C.C1=CCC=C1.CC(=O)C(O)O.CC(=O)C=N[C@H](C)c1ccccc1.CC(C)(C)OC(=O)N1C2CCC(C2)[C@H]1C(=O)O.CC(C)(C)OC(=O)OC(=O)OC(C)(C)C.CCOC(=O)[C@@H]1C2C=CC(C2)N1[C@H](C)c1ccccc1.CCOC(=O)[C@@H]1C2CCC(C2)N1C(=O)OC(C)(C)C.CCOC(=O)[C@H]1NC2CCC1C2.C[C@@H](N)c1ccccc1.O.[Li+].[OH-]. The van der Waals surface area contributed by atoms with Crippen molar-refractivity contribution in [1.82, 2.24) is 20.0 Å². The Labute approximate surface area is 723 Å². The Morgan fingerprint density at radius 3 is 1.30 bits per heavy atom. The van der Waals surface area contributed by atoms with Gasteiger partial charge in [-0.15, -0.1) is 0 Å². The zero-order valence-corrected chi connectivity index (χ0v) is 73.8. The predicted molar refractivity (Wildman–Crippen MR) is 454 cm³/mol. The van der Waals surface area contributed by atoms with Gasteiger partial charge in [0.1, 0.15) is 46.6 Å². The minimum absolute atomic E-state index is 0. The van der Waals surface area contributed by atoms with Crippen LogP contribution in [0.3, 0.4) is 0 Å². The third-order valence-electron chi connectivity index (χ3n) is 19.6. The number of aliphatic carboxylic acids is 1. The second kappa shape index (κ2) is 53.3. The van der Waals surface area contributed by atoms with Crippen LogP contribution in [0.4, 0.5) is 19.2 Å². The number of rotatable bonds is 14. The Hall–Kier alpha value is -8.63. The molecule has 8 unspecified atom stereocenters. The number of amides is 2. The van der Waals surface area contributed by atoms with Crippen molar-refractivity contribution in [2.24, 2.45) is 34.4 Å². The smallest absolute Gasteiger partial charge is 0.870 e. The molecule has 0 radical (unpaired) electrons. The number of carboxylic acids is 1. The molecule has 0 aromatic heterocycles. The molecule has 12 rings (SSSR count). The van der Waals surface area contributed by atoms with Crippen LogP contribution in [0.25, 0.3) is 0 Å². The quantitative estimate of drug-likeness (QED) is 0.0190. The van der Waals surface area contributed by atoms with Gasteiger partial charge in [-0.25, -0.2) is 28.8 Å². The van der Waals surface area contributed by atoms with Crippen LogP contribution in [0.1, 0.15) is 251 Å². The number of piperidine rings is 3. The van der Waals surface area contributed by atoms with Crippen molar-refractivity contribution in [3.05, 3.63) is 144 Å². The van der Waals surface area contributed by atoms with Crippen molar-refractivity contribution in [2.45, 2.75) is 312 Å². The number of ether oxygens (including phenoxy) is 8. The molecule has 4 aliphatic heterocycles. The minimum Gasteiger partial charge on any atom is -0.870 e. The summed E-state index contributed by atoms with van der Waals surface area (Å²) in [6, 6.07) is 30.7. The first-order chi connectivity index (χ1) is 54.3. The van der Waals surface area contributed by atoms with Gasteiger partial charge < -0.3 is 75.2 Å². The molecule has 15 atom stereocenters. The third kappa shape index (κ3) is 38.6. The van der Waals surface area contributed by atoms with Gasteiger partial charge in [0.25, 0.3) is 0 Å². The van der Waals surface area contributed by atoms with Crippen LogP contribution < -0.4 is 29.9 Å². The summed E-state index contributed by atoms with van der Waals surface area (Å²) in [6.45, 7) is 36.4. The summed E-state index contributed by atoms with van der Waals surface area (Å²) in [5, 5.41) is 28.2. The van der Waals surface area contributed by atoms with E-state index in [-0.39, 0.29) is 115 Å². The summed E-state index contributed by atoms with van der Waals surface area (Å²) in [6.07, 6.45) is 20.6. The van der Waals surface area contributed by atoms with Crippen molar-refractivity contribution >= 4 is 66.2 Å². The molecule has 30 heteroatoms. The van der Waals surface area contributed by atoms with Crippen LogP contribution in [-0.2, 0) is 66.7 Å². The molecule has 0 spiro atoms. The molecule has 9 aliphatic rings. The Morgan fingerprint density at radius 1 is 0.542 bits per heavy atom. The molecule has 3 aromatic rings. The molecule has 7 fully saturated rings. The second-order valence-corrected chi connectivity index (χ2v) is 33.7. The predicted octanol–water partition coefficient (Wildman–Crippen LogP) is 11.8. The standard InChI is InChI=1S/C17H21NO2.C14H23NO4.C12H19NO4.C11H13NO.C10H18O5.C9H15NO2.C8H11N.C5H6.C3H6O3.CH4.Li.2H2O/c1-3-20-17(19)16-14-9-10-15(11-14)18(16)12(2)13-7-5-4-6-8-13;1-5-18-12(16)11-9-6-7-10(8-9)15(11)13(17)19-14(2,3)4;1-12(2,3)17-11(16)13-8-5-4-7(6-8)9(13)10(14)15;1-9(13)8-12-10(2)11-6-4-3-5-7-11;1-9(2,3)14-7(11)13-8(12)15-10(4,5)6;1-2-12-9(11)8-6-3-4-7(5-6)10-8;1-7(9)8-5-3-2-4-6-8;1-2-4-5-3-1;1-2(4)3(5)6;;;;/h4-10,12,14-16H,3,11H2,1-2H3;9-11H,5-8H2,1-4H3;7-9H,4-6H2,1-3H3,(H,14,15);3-8,10H,1-2H3;1-6H3;6-8,10H,2-5H2,1H3;2-7H,9H2,1H3;1-4H,5H2;3,5-6H,1H3;1H4;;2*1H2/q;;;;;;;;;;+1;;/p-1/t12-,14?,15?,16+;9?,10?,11-;7?,8?,9-;10-;;6?,7?,8-;7-;;;;;;/m1001.01....../s1. The number of aliphatic hydroxyl groups excluding tert-OH is 1. The fourth-order valence-corrected chi connectivity index (χ4v) is 14.7. The zero-order valence-electron chi connectivity index (χ0n) is 73.8. The topological polar surface area (TPSA) is 427 Å². The number of hydrogen-bond acceptors (Lipinski definition) is 25. The van der Waals surface area contributed by atoms with E-state index in [1.165, 1.54) is 48.4 Å². The van der Waals surface area contributed by atoms with Crippen LogP contribution >= 0.6 is 0 Å². The Balaban J connectivity index is 0.00000135. The molecular formula is C90H139LiN6O23. The number of nitrogens with zero attached hydrogens (tertiary/aromatic N) is 4. The van der Waals surface area contributed by atoms with Gasteiger partial charge in [-0.05, 0) is 237 Å². The number of allylic oxidation sites excluding steroid dienone is 4. The van der Waals surface area contributed by atoms with Crippen LogP contribution in [0, 0.1) is 23.7 Å². The third-order valence-corrected chi connectivity index (χ3v) is 19.6.